The predicted molar refractivity (Wildman–Crippen MR) is 77.6 cm³/mol. The van der Waals surface area contributed by atoms with Gasteiger partial charge in [-0.05, 0) is 49.3 Å². The molecule has 2 aliphatic rings. The third kappa shape index (κ3) is 2.54. The fourth-order valence-electron chi connectivity index (χ4n) is 3.51. The molecule has 0 aromatic heterocycles. The van der Waals surface area contributed by atoms with E-state index in [0.717, 1.165) is 19.3 Å². The first-order valence-corrected chi connectivity index (χ1v) is 8.71. The van der Waals surface area contributed by atoms with E-state index >= 15 is 0 Å². The molecule has 20 heavy (non-hydrogen) atoms. The average Bonchev–Trinajstić information content (AvgIpc) is 3.00. The van der Waals surface area contributed by atoms with Crippen molar-refractivity contribution < 1.29 is 13.2 Å². The third-order valence-electron chi connectivity index (χ3n) is 4.46. The minimum Gasteiger partial charge on any atom is -0.495 e. The van der Waals surface area contributed by atoms with Crippen LogP contribution >= 0.6 is 11.6 Å². The van der Waals surface area contributed by atoms with Gasteiger partial charge in [-0.15, -0.1) is 0 Å². The number of hydrogen-bond acceptors (Lipinski definition) is 3. The van der Waals surface area contributed by atoms with Gasteiger partial charge in [-0.25, -0.2) is 13.1 Å². The number of halogens is 1. The molecule has 2 aliphatic carbocycles. The van der Waals surface area contributed by atoms with Gasteiger partial charge in [0.2, 0.25) is 10.0 Å². The molecule has 0 radical (unpaired) electrons. The lowest BCUT2D eigenvalue weighted by Gasteiger charge is -2.23. The van der Waals surface area contributed by atoms with Crippen molar-refractivity contribution in [1.29, 1.82) is 0 Å². The highest BCUT2D eigenvalue weighted by Crippen LogP contribution is 2.45. The molecular formula is C14H18ClNO3S. The van der Waals surface area contributed by atoms with Crippen molar-refractivity contribution in [2.24, 2.45) is 11.8 Å². The quantitative estimate of drug-likeness (QED) is 0.929. The highest BCUT2D eigenvalue weighted by molar-refractivity contribution is 7.89. The van der Waals surface area contributed by atoms with E-state index in [-0.39, 0.29) is 10.9 Å². The van der Waals surface area contributed by atoms with Gasteiger partial charge in [0, 0.05) is 11.1 Å². The van der Waals surface area contributed by atoms with Crippen LogP contribution in [0.4, 0.5) is 0 Å². The van der Waals surface area contributed by atoms with Gasteiger partial charge >= 0.3 is 0 Å². The van der Waals surface area contributed by atoms with Crippen LogP contribution in [0.3, 0.4) is 0 Å². The minimum atomic E-state index is -3.59. The summed E-state index contributed by atoms with van der Waals surface area (Å²) in [6, 6.07) is 4.70. The van der Waals surface area contributed by atoms with Gasteiger partial charge in [-0.1, -0.05) is 18.0 Å². The molecule has 1 aromatic carbocycles. The molecule has 4 nitrogen and oxygen atoms in total. The number of benzene rings is 1. The Labute approximate surface area is 124 Å². The third-order valence-corrected chi connectivity index (χ3v) is 6.21. The molecule has 0 unspecified atom stereocenters. The van der Waals surface area contributed by atoms with Crippen molar-refractivity contribution in [3.63, 3.8) is 0 Å². The predicted octanol–water partition coefficient (Wildman–Crippen LogP) is 2.82. The van der Waals surface area contributed by atoms with E-state index in [1.54, 1.807) is 12.1 Å². The monoisotopic (exact) mass is 315 g/mol. The summed E-state index contributed by atoms with van der Waals surface area (Å²) in [6.45, 7) is 0. The minimum absolute atomic E-state index is 0.0578. The Balaban J connectivity index is 1.86. The molecule has 0 spiro atoms. The topological polar surface area (TPSA) is 55.4 Å². The van der Waals surface area contributed by atoms with Crippen LogP contribution in [0, 0.1) is 11.8 Å². The molecule has 0 saturated heterocycles. The molecular weight excluding hydrogens is 298 g/mol. The summed E-state index contributed by atoms with van der Waals surface area (Å²) in [5, 5.41) is 0.388. The number of rotatable bonds is 4. The molecule has 0 heterocycles. The van der Waals surface area contributed by atoms with Gasteiger partial charge in [-0.2, -0.15) is 0 Å². The molecule has 110 valence electrons. The molecule has 3 atom stereocenters. The van der Waals surface area contributed by atoms with Crippen molar-refractivity contribution in [1.82, 2.24) is 4.72 Å². The standard InChI is InChI=1S/C14H18ClNO3S/c1-19-13-5-4-11(15)8-14(13)20(17,18)16-12-7-9-2-3-10(12)6-9/h4-5,8-10,12,16H,2-3,6-7H2,1H3/t9-,10-,12-/m1/s1. The Morgan fingerprint density at radius 1 is 1.30 bits per heavy atom. The lowest BCUT2D eigenvalue weighted by atomic mass is 9.96. The van der Waals surface area contributed by atoms with E-state index in [1.807, 2.05) is 0 Å². The summed E-state index contributed by atoms with van der Waals surface area (Å²) in [4.78, 5) is 0.121. The number of fused-ring (bicyclic) bond motifs is 2. The van der Waals surface area contributed by atoms with Crippen LogP contribution in [0.5, 0.6) is 5.75 Å². The maximum atomic E-state index is 12.5. The highest BCUT2D eigenvalue weighted by atomic mass is 35.5. The molecule has 3 rings (SSSR count). The van der Waals surface area contributed by atoms with Crippen molar-refractivity contribution in [3.8, 4) is 5.75 Å². The van der Waals surface area contributed by atoms with Gasteiger partial charge in [0.15, 0.2) is 0 Å². The van der Waals surface area contributed by atoms with Crippen LogP contribution in [0.2, 0.25) is 5.02 Å². The zero-order chi connectivity index (χ0) is 14.3. The normalized spacial score (nSPS) is 28.8. The Morgan fingerprint density at radius 2 is 2.10 bits per heavy atom. The van der Waals surface area contributed by atoms with Crippen molar-refractivity contribution in [3.05, 3.63) is 23.2 Å². The smallest absolute Gasteiger partial charge is 0.244 e. The highest BCUT2D eigenvalue weighted by Gasteiger charge is 2.41. The van der Waals surface area contributed by atoms with Crippen molar-refractivity contribution in [2.45, 2.75) is 36.6 Å². The number of sulfonamides is 1. The first-order chi connectivity index (χ1) is 9.49. The van der Waals surface area contributed by atoms with E-state index in [2.05, 4.69) is 4.72 Å². The first kappa shape index (κ1) is 14.2. The van der Waals surface area contributed by atoms with Crippen LogP contribution in [0.1, 0.15) is 25.7 Å². The van der Waals surface area contributed by atoms with Gasteiger partial charge in [0.05, 0.1) is 7.11 Å². The van der Waals surface area contributed by atoms with E-state index in [4.69, 9.17) is 16.3 Å². The lowest BCUT2D eigenvalue weighted by Crippen LogP contribution is -2.38. The van der Waals surface area contributed by atoms with Gasteiger partial charge in [0.1, 0.15) is 10.6 Å². The van der Waals surface area contributed by atoms with Crippen LogP contribution in [0.25, 0.3) is 0 Å². The maximum Gasteiger partial charge on any atom is 0.244 e. The second kappa shape index (κ2) is 5.20. The fourth-order valence-corrected chi connectivity index (χ4v) is 5.26. The van der Waals surface area contributed by atoms with Crippen LogP contribution in [-0.4, -0.2) is 21.6 Å². The molecule has 2 saturated carbocycles. The largest absolute Gasteiger partial charge is 0.495 e. The van der Waals surface area contributed by atoms with Gasteiger partial charge < -0.3 is 4.74 Å². The van der Waals surface area contributed by atoms with Crippen molar-refractivity contribution >= 4 is 21.6 Å². The van der Waals surface area contributed by atoms with Crippen molar-refractivity contribution in [2.75, 3.05) is 7.11 Å². The van der Waals surface area contributed by atoms with E-state index in [0.29, 0.717) is 22.6 Å². The molecule has 2 fully saturated rings. The summed E-state index contributed by atoms with van der Waals surface area (Å²) in [5.74, 6) is 1.50. The summed E-state index contributed by atoms with van der Waals surface area (Å²) in [5.41, 5.74) is 0. The zero-order valence-corrected chi connectivity index (χ0v) is 12.9. The van der Waals surface area contributed by atoms with Crippen LogP contribution < -0.4 is 9.46 Å². The number of methoxy groups -OCH3 is 1. The summed E-state index contributed by atoms with van der Waals surface area (Å²) < 4.78 is 33.1. The average molecular weight is 316 g/mol. The van der Waals surface area contributed by atoms with Gasteiger partial charge in [0.25, 0.3) is 0 Å². The summed E-state index contributed by atoms with van der Waals surface area (Å²) >= 11 is 5.91. The molecule has 0 amide bonds. The van der Waals surface area contributed by atoms with Gasteiger partial charge in [-0.3, -0.25) is 0 Å². The SMILES string of the molecule is COc1ccc(Cl)cc1S(=O)(=O)N[C@@H]1C[C@@H]2CC[C@@H]1C2. The van der Waals surface area contributed by atoms with Crippen LogP contribution in [0.15, 0.2) is 23.1 Å². The second-order valence-corrected chi connectivity index (χ2v) is 7.82. The maximum absolute atomic E-state index is 12.5. The lowest BCUT2D eigenvalue weighted by molar-refractivity contribution is 0.385. The first-order valence-electron chi connectivity index (χ1n) is 6.85. The fraction of sp³-hybridized carbons (Fsp3) is 0.571. The Hall–Kier alpha value is -0.780. The molecule has 2 bridgehead atoms. The Bertz CT molecular complexity index is 617. The Kier molecular flexibility index (Phi) is 3.69. The van der Waals surface area contributed by atoms with E-state index in [1.165, 1.54) is 19.6 Å². The van der Waals surface area contributed by atoms with E-state index in [9.17, 15) is 8.42 Å². The number of ether oxygens (including phenoxy) is 1. The molecule has 6 heteroatoms. The molecule has 1 aromatic rings. The molecule has 0 aliphatic heterocycles. The number of nitrogens with one attached hydrogen (secondary N) is 1. The zero-order valence-electron chi connectivity index (χ0n) is 11.3. The summed E-state index contributed by atoms with van der Waals surface area (Å²) in [7, 11) is -2.13. The molecule has 1 N–H and O–H groups in total. The van der Waals surface area contributed by atoms with Crippen LogP contribution in [-0.2, 0) is 10.0 Å². The summed E-state index contributed by atoms with van der Waals surface area (Å²) in [6.07, 6.45) is 4.47. The number of hydrogen-bond donors (Lipinski definition) is 1. The Morgan fingerprint density at radius 3 is 2.70 bits per heavy atom. The second-order valence-electron chi connectivity index (χ2n) is 5.70. The van der Waals surface area contributed by atoms with E-state index < -0.39 is 10.0 Å².